The van der Waals surface area contributed by atoms with Gasteiger partial charge in [-0.1, -0.05) is 61.7 Å². The van der Waals surface area contributed by atoms with Crippen molar-refractivity contribution in [1.29, 1.82) is 0 Å². The van der Waals surface area contributed by atoms with Crippen LogP contribution in [-0.4, -0.2) is 18.4 Å². The lowest BCUT2D eigenvalue weighted by Crippen LogP contribution is -2.30. The molecule has 36 heavy (non-hydrogen) atoms. The Balaban J connectivity index is 1.48. The lowest BCUT2D eigenvalue weighted by Gasteiger charge is -2.21. The quantitative estimate of drug-likeness (QED) is 0.341. The molecule has 1 aliphatic heterocycles. The molecule has 184 valence electrons. The molecule has 5 rings (SSSR count). The van der Waals surface area contributed by atoms with Crippen LogP contribution in [0.3, 0.4) is 0 Å². The lowest BCUT2D eigenvalue weighted by atomic mass is 9.89. The van der Waals surface area contributed by atoms with Crippen LogP contribution in [0, 0.1) is 5.92 Å². The van der Waals surface area contributed by atoms with Crippen molar-refractivity contribution in [2.45, 2.75) is 38.6 Å². The fraction of sp³-hybridized carbons (Fsp3) is 0.267. The maximum absolute atomic E-state index is 13.2. The standard InChI is InChI=1S/C30H32N4O2/c31-18-20-11-14-24(15-12-20)33-28(22-9-5-2-6-10-22)27-25-17-23(13-16-26(25)34-30(27)36)29(35)32-19-21-7-3-1-4-8-21/h2,5-6,9-17,21,33H,1,3-4,7-8,18-19,31H2,(H,32,35)(H,34,36). The van der Waals surface area contributed by atoms with Crippen LogP contribution in [0.4, 0.5) is 11.4 Å². The van der Waals surface area contributed by atoms with Crippen molar-refractivity contribution in [1.82, 2.24) is 5.32 Å². The average Bonchev–Trinajstić information content (AvgIpc) is 3.26. The van der Waals surface area contributed by atoms with Gasteiger partial charge < -0.3 is 21.7 Å². The first-order chi connectivity index (χ1) is 17.6. The van der Waals surface area contributed by atoms with Gasteiger partial charge in [-0.05, 0) is 60.2 Å². The summed E-state index contributed by atoms with van der Waals surface area (Å²) in [6.45, 7) is 1.17. The molecule has 3 aromatic rings. The van der Waals surface area contributed by atoms with Crippen molar-refractivity contribution < 1.29 is 9.59 Å². The first-order valence-corrected chi connectivity index (χ1v) is 12.7. The molecule has 3 aromatic carbocycles. The largest absolute Gasteiger partial charge is 0.354 e. The maximum atomic E-state index is 13.2. The monoisotopic (exact) mass is 480 g/mol. The third kappa shape index (κ3) is 5.19. The molecule has 6 nitrogen and oxygen atoms in total. The van der Waals surface area contributed by atoms with Gasteiger partial charge in [-0.15, -0.1) is 0 Å². The van der Waals surface area contributed by atoms with E-state index in [2.05, 4.69) is 16.0 Å². The van der Waals surface area contributed by atoms with Crippen molar-refractivity contribution in [3.8, 4) is 0 Å². The van der Waals surface area contributed by atoms with E-state index in [0.29, 0.717) is 41.5 Å². The molecule has 1 heterocycles. The van der Waals surface area contributed by atoms with E-state index in [1.807, 2.05) is 66.7 Å². The highest BCUT2D eigenvalue weighted by atomic mass is 16.2. The summed E-state index contributed by atoms with van der Waals surface area (Å²) >= 11 is 0. The van der Waals surface area contributed by atoms with E-state index in [1.165, 1.54) is 32.1 Å². The zero-order valence-electron chi connectivity index (χ0n) is 20.3. The number of nitrogens with one attached hydrogen (secondary N) is 3. The maximum Gasteiger partial charge on any atom is 0.258 e. The summed E-state index contributed by atoms with van der Waals surface area (Å²) in [5.74, 6) is 0.249. The predicted octanol–water partition coefficient (Wildman–Crippen LogP) is 5.39. The Kier molecular flexibility index (Phi) is 7.14. The van der Waals surface area contributed by atoms with Crippen molar-refractivity contribution in [2.75, 3.05) is 17.2 Å². The molecular weight excluding hydrogens is 448 g/mol. The second-order valence-corrected chi connectivity index (χ2v) is 9.57. The molecule has 2 aliphatic rings. The van der Waals surface area contributed by atoms with Gasteiger partial charge in [0.15, 0.2) is 0 Å². The summed E-state index contributed by atoms with van der Waals surface area (Å²) in [5.41, 5.74) is 11.7. The zero-order chi connectivity index (χ0) is 24.9. The van der Waals surface area contributed by atoms with Crippen LogP contribution >= 0.6 is 0 Å². The second-order valence-electron chi connectivity index (χ2n) is 9.57. The normalized spacial score (nSPS) is 16.8. The average molecular weight is 481 g/mol. The number of fused-ring (bicyclic) bond motifs is 1. The van der Waals surface area contributed by atoms with E-state index in [-0.39, 0.29) is 11.8 Å². The Hall–Kier alpha value is -3.90. The topological polar surface area (TPSA) is 96.2 Å². The number of amides is 2. The minimum absolute atomic E-state index is 0.103. The molecule has 1 aliphatic carbocycles. The highest BCUT2D eigenvalue weighted by Crippen LogP contribution is 2.38. The van der Waals surface area contributed by atoms with Gasteiger partial charge in [-0.25, -0.2) is 0 Å². The molecule has 0 atom stereocenters. The first-order valence-electron chi connectivity index (χ1n) is 12.7. The Morgan fingerprint density at radius 3 is 2.39 bits per heavy atom. The lowest BCUT2D eigenvalue weighted by molar-refractivity contribution is -0.110. The summed E-state index contributed by atoms with van der Waals surface area (Å²) in [7, 11) is 0. The number of carbonyl (C=O) groups excluding carboxylic acids is 2. The molecule has 1 saturated carbocycles. The predicted molar refractivity (Wildman–Crippen MR) is 145 cm³/mol. The second kappa shape index (κ2) is 10.8. The molecule has 2 amide bonds. The van der Waals surface area contributed by atoms with Crippen LogP contribution in [0.15, 0.2) is 72.8 Å². The van der Waals surface area contributed by atoms with Gasteiger partial charge in [0, 0.05) is 35.6 Å². The molecule has 0 unspecified atom stereocenters. The highest BCUT2D eigenvalue weighted by Gasteiger charge is 2.29. The summed E-state index contributed by atoms with van der Waals surface area (Å²) in [4.78, 5) is 26.2. The Bertz CT molecular complexity index is 1280. The van der Waals surface area contributed by atoms with Crippen LogP contribution < -0.4 is 21.7 Å². The molecule has 0 radical (unpaired) electrons. The van der Waals surface area contributed by atoms with E-state index in [4.69, 9.17) is 5.73 Å². The smallest absolute Gasteiger partial charge is 0.258 e. The van der Waals surface area contributed by atoms with E-state index >= 15 is 0 Å². The van der Waals surface area contributed by atoms with Gasteiger partial charge in [-0.2, -0.15) is 0 Å². The minimum atomic E-state index is -0.199. The van der Waals surface area contributed by atoms with Crippen LogP contribution in [0.1, 0.15) is 59.2 Å². The van der Waals surface area contributed by atoms with E-state index in [0.717, 1.165) is 22.4 Å². The first kappa shape index (κ1) is 23.8. The Labute approximate surface area is 212 Å². The third-order valence-corrected chi connectivity index (χ3v) is 7.07. The van der Waals surface area contributed by atoms with Crippen molar-refractivity contribution in [3.63, 3.8) is 0 Å². The molecule has 0 aromatic heterocycles. The van der Waals surface area contributed by atoms with Gasteiger partial charge in [0.25, 0.3) is 11.8 Å². The van der Waals surface area contributed by atoms with Crippen molar-refractivity contribution in [3.05, 3.63) is 95.1 Å². The van der Waals surface area contributed by atoms with E-state index in [1.54, 1.807) is 6.07 Å². The summed E-state index contributed by atoms with van der Waals surface area (Å²) < 4.78 is 0. The molecule has 0 spiro atoms. The van der Waals surface area contributed by atoms with Gasteiger partial charge in [-0.3, -0.25) is 9.59 Å². The molecule has 1 fully saturated rings. The van der Waals surface area contributed by atoms with Crippen LogP contribution in [-0.2, 0) is 11.3 Å². The highest BCUT2D eigenvalue weighted by molar-refractivity contribution is 6.37. The number of anilines is 2. The molecular formula is C30H32N4O2. The van der Waals surface area contributed by atoms with Gasteiger partial charge >= 0.3 is 0 Å². The number of rotatable bonds is 7. The summed E-state index contributed by atoms with van der Waals surface area (Å²) in [5, 5.41) is 9.53. The van der Waals surface area contributed by atoms with Crippen molar-refractivity contribution in [2.24, 2.45) is 11.7 Å². The SMILES string of the molecule is NCc1ccc(NC(=C2C(=O)Nc3ccc(C(=O)NCC4CCCCC4)cc32)c2ccccc2)cc1. The van der Waals surface area contributed by atoms with Gasteiger partial charge in [0.1, 0.15) is 0 Å². The molecule has 0 bridgehead atoms. The summed E-state index contributed by atoms with van der Waals surface area (Å²) in [6.07, 6.45) is 6.12. The zero-order valence-corrected chi connectivity index (χ0v) is 20.3. The number of nitrogens with two attached hydrogens (primary N) is 1. The molecule has 5 N–H and O–H groups in total. The fourth-order valence-corrected chi connectivity index (χ4v) is 5.04. The Morgan fingerprint density at radius 2 is 1.67 bits per heavy atom. The van der Waals surface area contributed by atoms with E-state index < -0.39 is 0 Å². The Morgan fingerprint density at radius 1 is 0.917 bits per heavy atom. The van der Waals surface area contributed by atoms with Crippen molar-refractivity contribution >= 4 is 34.5 Å². The van der Waals surface area contributed by atoms with Crippen LogP contribution in [0.5, 0.6) is 0 Å². The fourth-order valence-electron chi connectivity index (χ4n) is 5.04. The number of hydrogen-bond acceptors (Lipinski definition) is 4. The number of benzene rings is 3. The third-order valence-electron chi connectivity index (χ3n) is 7.07. The molecule has 0 saturated heterocycles. The minimum Gasteiger partial charge on any atom is -0.354 e. The number of hydrogen-bond donors (Lipinski definition) is 4. The van der Waals surface area contributed by atoms with E-state index in [9.17, 15) is 9.59 Å². The van der Waals surface area contributed by atoms with Gasteiger partial charge in [0.05, 0.1) is 11.3 Å². The van der Waals surface area contributed by atoms with Crippen LogP contribution in [0.25, 0.3) is 11.3 Å². The number of carbonyl (C=O) groups is 2. The molecule has 6 heteroatoms. The van der Waals surface area contributed by atoms with Gasteiger partial charge in [0.2, 0.25) is 0 Å². The van der Waals surface area contributed by atoms with Crippen LogP contribution in [0.2, 0.25) is 0 Å². The summed E-state index contributed by atoms with van der Waals surface area (Å²) in [6, 6.07) is 23.0.